The topological polar surface area (TPSA) is 59.2 Å². The van der Waals surface area contributed by atoms with Gasteiger partial charge in [0.15, 0.2) is 0 Å². The van der Waals surface area contributed by atoms with E-state index in [0.717, 1.165) is 17.0 Å². The molecule has 0 radical (unpaired) electrons. The number of benzene rings is 1. The number of carbonyl (C=O) groups is 1. The van der Waals surface area contributed by atoms with Gasteiger partial charge in [-0.25, -0.2) is 9.37 Å². The molecular weight excluding hydrogens is 401 g/mol. The summed E-state index contributed by atoms with van der Waals surface area (Å²) < 4.78 is 19.2. The highest BCUT2D eigenvalue weighted by Crippen LogP contribution is 2.28. The molecule has 0 fully saturated rings. The zero-order valence-corrected chi connectivity index (χ0v) is 17.3. The van der Waals surface area contributed by atoms with Crippen molar-refractivity contribution >= 4 is 29.3 Å². The lowest BCUT2D eigenvalue weighted by Gasteiger charge is -2.19. The van der Waals surface area contributed by atoms with Crippen LogP contribution in [0.25, 0.3) is 0 Å². The van der Waals surface area contributed by atoms with E-state index in [2.05, 4.69) is 10.1 Å². The molecule has 0 atom stereocenters. The van der Waals surface area contributed by atoms with Gasteiger partial charge in [0, 0.05) is 41.7 Å². The van der Waals surface area contributed by atoms with Crippen LogP contribution in [0.2, 0.25) is 5.02 Å². The van der Waals surface area contributed by atoms with E-state index in [-0.39, 0.29) is 18.0 Å². The van der Waals surface area contributed by atoms with Gasteiger partial charge in [-0.15, -0.1) is 11.8 Å². The summed E-state index contributed by atoms with van der Waals surface area (Å²) in [4.78, 5) is 18.7. The van der Waals surface area contributed by atoms with Gasteiger partial charge in [-0.1, -0.05) is 22.8 Å². The van der Waals surface area contributed by atoms with Gasteiger partial charge in [0.05, 0.1) is 11.3 Å². The lowest BCUT2D eigenvalue weighted by molar-refractivity contribution is 0.0779. The number of hydrogen-bond acceptors (Lipinski definition) is 5. The summed E-state index contributed by atoms with van der Waals surface area (Å²) in [5.74, 6) is 0.640. The van der Waals surface area contributed by atoms with E-state index in [1.54, 1.807) is 31.4 Å². The van der Waals surface area contributed by atoms with Crippen LogP contribution in [0.5, 0.6) is 0 Å². The molecule has 28 heavy (non-hydrogen) atoms. The molecule has 3 rings (SSSR count). The van der Waals surface area contributed by atoms with Crippen LogP contribution in [0, 0.1) is 19.7 Å². The van der Waals surface area contributed by atoms with Crippen LogP contribution in [0.3, 0.4) is 0 Å². The highest BCUT2D eigenvalue weighted by Gasteiger charge is 2.20. The van der Waals surface area contributed by atoms with Crippen molar-refractivity contribution in [2.75, 3.05) is 7.05 Å². The largest absolute Gasteiger partial charge is 0.361 e. The molecular formula is C20H19ClFN3O2S. The van der Waals surface area contributed by atoms with Gasteiger partial charge in [-0.3, -0.25) is 4.79 Å². The summed E-state index contributed by atoms with van der Waals surface area (Å²) in [6, 6.07) is 7.89. The van der Waals surface area contributed by atoms with E-state index < -0.39 is 5.82 Å². The number of carbonyl (C=O) groups excluding carboxylic acids is 1. The first-order chi connectivity index (χ1) is 13.4. The van der Waals surface area contributed by atoms with E-state index in [0.29, 0.717) is 21.4 Å². The molecule has 1 aromatic carbocycles. The number of amides is 1. The van der Waals surface area contributed by atoms with Gasteiger partial charge in [0.25, 0.3) is 5.91 Å². The molecule has 3 aromatic rings. The predicted octanol–water partition coefficient (Wildman–Crippen LogP) is 5.04. The monoisotopic (exact) mass is 419 g/mol. The summed E-state index contributed by atoms with van der Waals surface area (Å²) in [5.41, 5.74) is 2.55. The standard InChI is InChI=1S/C20H19ClFN3O2S/c1-12-16(13(2)27-24-12)11-28-19-14(6-5-9-23-19)20(26)25(3)10-15-17(21)7-4-8-18(15)22/h4-9H,10-11H2,1-3H3. The van der Waals surface area contributed by atoms with Gasteiger partial charge >= 0.3 is 0 Å². The van der Waals surface area contributed by atoms with Crippen LogP contribution in [0.15, 0.2) is 46.1 Å². The van der Waals surface area contributed by atoms with Crippen molar-refractivity contribution < 1.29 is 13.7 Å². The number of aromatic nitrogens is 2. The Morgan fingerprint density at radius 1 is 1.25 bits per heavy atom. The minimum Gasteiger partial charge on any atom is -0.361 e. The van der Waals surface area contributed by atoms with Crippen LogP contribution in [-0.4, -0.2) is 28.0 Å². The van der Waals surface area contributed by atoms with E-state index in [1.165, 1.54) is 28.8 Å². The summed E-state index contributed by atoms with van der Waals surface area (Å²) in [6.07, 6.45) is 1.64. The fourth-order valence-corrected chi connectivity index (χ4v) is 4.08. The Bertz CT molecular complexity index is 969. The Labute approximate surface area is 171 Å². The predicted molar refractivity (Wildman–Crippen MR) is 107 cm³/mol. The molecule has 0 spiro atoms. The van der Waals surface area contributed by atoms with Crippen molar-refractivity contribution in [3.8, 4) is 0 Å². The van der Waals surface area contributed by atoms with E-state index in [1.807, 2.05) is 13.8 Å². The summed E-state index contributed by atoms with van der Waals surface area (Å²) >= 11 is 7.52. The van der Waals surface area contributed by atoms with Gasteiger partial charge < -0.3 is 9.42 Å². The minimum absolute atomic E-state index is 0.0627. The molecule has 0 saturated carbocycles. The fourth-order valence-electron chi connectivity index (χ4n) is 2.72. The number of pyridine rings is 1. The lowest BCUT2D eigenvalue weighted by Crippen LogP contribution is -2.27. The Morgan fingerprint density at radius 3 is 2.71 bits per heavy atom. The first kappa shape index (κ1) is 20.4. The third-order valence-electron chi connectivity index (χ3n) is 4.34. The third kappa shape index (κ3) is 4.36. The number of thioether (sulfide) groups is 1. The molecule has 1 amide bonds. The Hall–Kier alpha value is -2.38. The summed E-state index contributed by atoms with van der Waals surface area (Å²) in [6.45, 7) is 3.79. The minimum atomic E-state index is -0.439. The van der Waals surface area contributed by atoms with E-state index >= 15 is 0 Å². The zero-order chi connectivity index (χ0) is 20.3. The van der Waals surface area contributed by atoms with Crippen molar-refractivity contribution in [3.63, 3.8) is 0 Å². The Balaban J connectivity index is 1.78. The highest BCUT2D eigenvalue weighted by molar-refractivity contribution is 7.98. The molecule has 5 nitrogen and oxygen atoms in total. The van der Waals surface area contributed by atoms with Gasteiger partial charge in [0.1, 0.15) is 16.6 Å². The first-order valence-electron chi connectivity index (χ1n) is 8.56. The van der Waals surface area contributed by atoms with Crippen molar-refractivity contribution in [1.29, 1.82) is 0 Å². The second-order valence-electron chi connectivity index (χ2n) is 6.31. The number of rotatable bonds is 6. The van der Waals surface area contributed by atoms with E-state index in [9.17, 15) is 9.18 Å². The Kier molecular flexibility index (Phi) is 6.36. The maximum atomic E-state index is 14.1. The normalized spacial score (nSPS) is 10.9. The van der Waals surface area contributed by atoms with Gasteiger partial charge in [0.2, 0.25) is 0 Å². The van der Waals surface area contributed by atoms with E-state index in [4.69, 9.17) is 16.1 Å². The quantitative estimate of drug-likeness (QED) is 0.523. The molecule has 0 aliphatic carbocycles. The van der Waals surface area contributed by atoms with Crippen molar-refractivity contribution in [3.05, 3.63) is 75.5 Å². The molecule has 0 aliphatic rings. The highest BCUT2D eigenvalue weighted by atomic mass is 35.5. The molecule has 8 heteroatoms. The van der Waals surface area contributed by atoms with Crippen LogP contribution in [-0.2, 0) is 12.3 Å². The lowest BCUT2D eigenvalue weighted by atomic mass is 10.2. The maximum absolute atomic E-state index is 14.1. The Morgan fingerprint density at radius 2 is 2.04 bits per heavy atom. The van der Waals surface area contributed by atoms with Crippen LogP contribution < -0.4 is 0 Å². The number of hydrogen-bond donors (Lipinski definition) is 0. The summed E-state index contributed by atoms with van der Waals surface area (Å²) in [7, 11) is 1.61. The van der Waals surface area contributed by atoms with Crippen molar-refractivity contribution in [1.82, 2.24) is 15.0 Å². The van der Waals surface area contributed by atoms with Crippen LogP contribution in [0.4, 0.5) is 4.39 Å². The molecule has 0 aliphatic heterocycles. The van der Waals surface area contributed by atoms with Gasteiger partial charge in [-0.2, -0.15) is 0 Å². The fraction of sp³-hybridized carbons (Fsp3) is 0.250. The molecule has 2 heterocycles. The van der Waals surface area contributed by atoms with Crippen LogP contribution >= 0.6 is 23.4 Å². The van der Waals surface area contributed by atoms with Crippen molar-refractivity contribution in [2.45, 2.75) is 31.2 Å². The molecule has 0 bridgehead atoms. The molecule has 0 unspecified atom stereocenters. The average molecular weight is 420 g/mol. The molecule has 2 aromatic heterocycles. The first-order valence-corrected chi connectivity index (χ1v) is 9.92. The van der Waals surface area contributed by atoms with Crippen molar-refractivity contribution in [2.24, 2.45) is 0 Å². The smallest absolute Gasteiger partial charge is 0.256 e. The zero-order valence-electron chi connectivity index (χ0n) is 15.7. The molecule has 0 saturated heterocycles. The number of aryl methyl sites for hydroxylation is 2. The number of halogens is 2. The number of nitrogens with zero attached hydrogens (tertiary/aromatic N) is 3. The average Bonchev–Trinajstić information content (AvgIpc) is 3.00. The molecule has 146 valence electrons. The SMILES string of the molecule is Cc1noc(C)c1CSc1ncccc1C(=O)N(C)Cc1c(F)cccc1Cl. The van der Waals surface area contributed by atoms with Crippen LogP contribution in [0.1, 0.15) is 32.9 Å². The second-order valence-corrected chi connectivity index (χ2v) is 7.68. The summed E-state index contributed by atoms with van der Waals surface area (Å²) in [5, 5.41) is 4.83. The second kappa shape index (κ2) is 8.75. The van der Waals surface area contributed by atoms with Gasteiger partial charge in [-0.05, 0) is 38.1 Å². The maximum Gasteiger partial charge on any atom is 0.256 e. The molecule has 0 N–H and O–H groups in total. The third-order valence-corrected chi connectivity index (χ3v) is 5.73.